The Morgan fingerprint density at radius 2 is 1.24 bits per heavy atom. The summed E-state index contributed by atoms with van der Waals surface area (Å²) in [6, 6.07) is 27.4. The molecule has 0 spiro atoms. The van der Waals surface area contributed by atoms with E-state index in [1.807, 2.05) is 6.07 Å². The third-order valence-corrected chi connectivity index (χ3v) is 4.69. The molecule has 0 aromatic heterocycles. The van der Waals surface area contributed by atoms with Crippen molar-refractivity contribution in [2.24, 2.45) is 0 Å². The van der Waals surface area contributed by atoms with Crippen LogP contribution in [0.1, 0.15) is 17.2 Å². The standard InChI is InChI=1S/C23H20O2/c1-24-22-15-19-10-6-5-9-18(19)14-21(22)23(25-2)20-12-11-16-7-3-4-8-17(16)13-20/h3-15,23H,1-2H3. The van der Waals surface area contributed by atoms with Crippen LogP contribution in [-0.4, -0.2) is 14.2 Å². The number of rotatable bonds is 4. The average Bonchev–Trinajstić information content (AvgIpc) is 2.68. The Bertz CT molecular complexity index is 1040. The molecule has 0 aliphatic rings. The predicted molar refractivity (Wildman–Crippen MR) is 103 cm³/mol. The maximum absolute atomic E-state index is 5.88. The van der Waals surface area contributed by atoms with Gasteiger partial charge in [-0.05, 0) is 45.3 Å². The second-order valence-corrected chi connectivity index (χ2v) is 6.16. The summed E-state index contributed by atoms with van der Waals surface area (Å²) < 4.78 is 11.5. The number of fused-ring (bicyclic) bond motifs is 2. The molecule has 0 saturated carbocycles. The molecule has 0 heterocycles. The van der Waals surface area contributed by atoms with E-state index in [1.54, 1.807) is 14.2 Å². The quantitative estimate of drug-likeness (QED) is 0.476. The summed E-state index contributed by atoms with van der Waals surface area (Å²) in [5.74, 6) is 0.846. The van der Waals surface area contributed by atoms with Crippen molar-refractivity contribution in [1.82, 2.24) is 0 Å². The van der Waals surface area contributed by atoms with Crippen molar-refractivity contribution in [3.05, 3.63) is 90.0 Å². The van der Waals surface area contributed by atoms with Gasteiger partial charge >= 0.3 is 0 Å². The average molecular weight is 328 g/mol. The molecular formula is C23H20O2. The Kier molecular flexibility index (Phi) is 4.12. The van der Waals surface area contributed by atoms with E-state index in [-0.39, 0.29) is 6.10 Å². The molecule has 2 heteroatoms. The Morgan fingerprint density at radius 3 is 1.88 bits per heavy atom. The van der Waals surface area contributed by atoms with Gasteiger partial charge in [-0.1, -0.05) is 60.7 Å². The van der Waals surface area contributed by atoms with Crippen LogP contribution in [0.5, 0.6) is 5.75 Å². The van der Waals surface area contributed by atoms with Gasteiger partial charge in [-0.3, -0.25) is 0 Å². The van der Waals surface area contributed by atoms with Crippen LogP contribution in [0, 0.1) is 0 Å². The molecule has 0 aliphatic carbocycles. The first kappa shape index (κ1) is 15.7. The number of benzene rings is 4. The topological polar surface area (TPSA) is 18.5 Å². The smallest absolute Gasteiger partial charge is 0.125 e. The molecule has 0 radical (unpaired) electrons. The SMILES string of the molecule is COc1cc2ccccc2cc1C(OC)c1ccc2ccccc2c1. The van der Waals surface area contributed by atoms with Crippen molar-refractivity contribution >= 4 is 21.5 Å². The molecule has 124 valence electrons. The number of ether oxygens (including phenoxy) is 2. The summed E-state index contributed by atoms with van der Waals surface area (Å²) >= 11 is 0. The number of methoxy groups -OCH3 is 2. The third kappa shape index (κ3) is 2.86. The highest BCUT2D eigenvalue weighted by Gasteiger charge is 2.19. The zero-order chi connectivity index (χ0) is 17.2. The van der Waals surface area contributed by atoms with E-state index >= 15 is 0 Å². The highest BCUT2D eigenvalue weighted by molar-refractivity contribution is 5.86. The van der Waals surface area contributed by atoms with Crippen LogP contribution in [0.15, 0.2) is 78.9 Å². The Morgan fingerprint density at radius 1 is 0.640 bits per heavy atom. The summed E-state index contributed by atoms with van der Waals surface area (Å²) in [4.78, 5) is 0. The fraction of sp³-hybridized carbons (Fsp3) is 0.130. The first-order chi connectivity index (χ1) is 12.3. The highest BCUT2D eigenvalue weighted by Crippen LogP contribution is 2.36. The Labute approximate surface area is 147 Å². The fourth-order valence-electron chi connectivity index (χ4n) is 3.43. The molecule has 4 aromatic carbocycles. The lowest BCUT2D eigenvalue weighted by Gasteiger charge is -2.20. The molecule has 4 aromatic rings. The lowest BCUT2D eigenvalue weighted by Crippen LogP contribution is -2.06. The van der Waals surface area contributed by atoms with Crippen molar-refractivity contribution < 1.29 is 9.47 Å². The molecule has 0 bridgehead atoms. The highest BCUT2D eigenvalue weighted by atomic mass is 16.5. The van der Waals surface area contributed by atoms with Crippen LogP contribution in [0.4, 0.5) is 0 Å². The van der Waals surface area contributed by atoms with E-state index in [4.69, 9.17) is 9.47 Å². The summed E-state index contributed by atoms with van der Waals surface area (Å²) in [5.41, 5.74) is 2.16. The van der Waals surface area contributed by atoms with Gasteiger partial charge in [0.25, 0.3) is 0 Å². The maximum atomic E-state index is 5.88. The molecule has 0 N–H and O–H groups in total. The molecule has 2 nitrogen and oxygen atoms in total. The van der Waals surface area contributed by atoms with Crippen molar-refractivity contribution in [3.63, 3.8) is 0 Å². The second kappa shape index (κ2) is 6.58. The zero-order valence-electron chi connectivity index (χ0n) is 14.4. The minimum Gasteiger partial charge on any atom is -0.496 e. The lowest BCUT2D eigenvalue weighted by atomic mass is 9.95. The van der Waals surface area contributed by atoms with Crippen LogP contribution < -0.4 is 4.74 Å². The molecule has 0 saturated heterocycles. The number of hydrogen-bond acceptors (Lipinski definition) is 2. The van der Waals surface area contributed by atoms with Crippen LogP contribution in [0.3, 0.4) is 0 Å². The van der Waals surface area contributed by atoms with Crippen LogP contribution >= 0.6 is 0 Å². The van der Waals surface area contributed by atoms with Crippen LogP contribution in [0.25, 0.3) is 21.5 Å². The summed E-state index contributed by atoms with van der Waals surface area (Å²) in [5, 5.41) is 4.78. The fourth-order valence-corrected chi connectivity index (χ4v) is 3.43. The zero-order valence-corrected chi connectivity index (χ0v) is 14.4. The van der Waals surface area contributed by atoms with Gasteiger partial charge in [0.15, 0.2) is 0 Å². The minimum absolute atomic E-state index is 0.177. The van der Waals surface area contributed by atoms with E-state index in [1.165, 1.54) is 16.2 Å². The molecule has 1 atom stereocenters. The predicted octanol–water partition coefficient (Wildman–Crippen LogP) is 5.74. The molecular weight excluding hydrogens is 308 g/mol. The van der Waals surface area contributed by atoms with Crippen molar-refractivity contribution in [2.75, 3.05) is 14.2 Å². The maximum Gasteiger partial charge on any atom is 0.125 e. The molecule has 4 rings (SSSR count). The summed E-state index contributed by atoms with van der Waals surface area (Å²) in [6.45, 7) is 0. The Balaban J connectivity index is 1.88. The van der Waals surface area contributed by atoms with Crippen LogP contribution in [0.2, 0.25) is 0 Å². The second-order valence-electron chi connectivity index (χ2n) is 6.16. The molecule has 0 amide bonds. The van der Waals surface area contributed by atoms with Gasteiger partial charge in [0.2, 0.25) is 0 Å². The Hall–Kier alpha value is -2.84. The lowest BCUT2D eigenvalue weighted by molar-refractivity contribution is 0.134. The molecule has 0 aliphatic heterocycles. The van der Waals surface area contributed by atoms with Crippen molar-refractivity contribution in [2.45, 2.75) is 6.10 Å². The van der Waals surface area contributed by atoms with Gasteiger partial charge in [-0.2, -0.15) is 0 Å². The normalized spacial score (nSPS) is 12.4. The van der Waals surface area contributed by atoms with Crippen molar-refractivity contribution in [1.29, 1.82) is 0 Å². The third-order valence-electron chi connectivity index (χ3n) is 4.69. The van der Waals surface area contributed by atoms with Gasteiger partial charge in [0.05, 0.1) is 7.11 Å². The first-order valence-corrected chi connectivity index (χ1v) is 8.38. The van der Waals surface area contributed by atoms with E-state index < -0.39 is 0 Å². The van der Waals surface area contributed by atoms with E-state index in [9.17, 15) is 0 Å². The molecule has 25 heavy (non-hydrogen) atoms. The number of hydrogen-bond donors (Lipinski definition) is 0. The minimum atomic E-state index is -0.177. The van der Waals surface area contributed by atoms with Gasteiger partial charge in [-0.15, -0.1) is 0 Å². The van der Waals surface area contributed by atoms with Gasteiger partial charge in [0.1, 0.15) is 11.9 Å². The van der Waals surface area contributed by atoms with Gasteiger partial charge in [0, 0.05) is 12.7 Å². The largest absolute Gasteiger partial charge is 0.496 e. The molecule has 0 fully saturated rings. The first-order valence-electron chi connectivity index (χ1n) is 8.38. The van der Waals surface area contributed by atoms with E-state index in [2.05, 4.69) is 72.8 Å². The van der Waals surface area contributed by atoms with Crippen molar-refractivity contribution in [3.8, 4) is 5.75 Å². The van der Waals surface area contributed by atoms with Crippen LogP contribution in [-0.2, 0) is 4.74 Å². The van der Waals surface area contributed by atoms with Gasteiger partial charge in [-0.25, -0.2) is 0 Å². The summed E-state index contributed by atoms with van der Waals surface area (Å²) in [6.07, 6.45) is -0.177. The monoisotopic (exact) mass is 328 g/mol. The van der Waals surface area contributed by atoms with E-state index in [0.29, 0.717) is 0 Å². The summed E-state index contributed by atoms with van der Waals surface area (Å²) in [7, 11) is 3.45. The van der Waals surface area contributed by atoms with E-state index in [0.717, 1.165) is 22.3 Å². The molecule has 1 unspecified atom stereocenters. The van der Waals surface area contributed by atoms with Gasteiger partial charge < -0.3 is 9.47 Å².